The molecule has 0 radical (unpaired) electrons. The van der Waals surface area contributed by atoms with Gasteiger partial charge in [-0.2, -0.15) is 0 Å². The number of hydrogen-bond donors (Lipinski definition) is 1. The lowest BCUT2D eigenvalue weighted by atomic mass is 9.51. The molecule has 30 heavy (non-hydrogen) atoms. The van der Waals surface area contributed by atoms with Crippen LogP contribution in [0, 0.1) is 22.7 Å². The largest absolute Gasteiger partial charge is 0.459 e. The zero-order valence-corrected chi connectivity index (χ0v) is 17.9. The number of benzene rings is 1. The molecule has 4 aliphatic carbocycles. The Balaban J connectivity index is 1.48. The molecule has 0 amide bonds. The van der Waals surface area contributed by atoms with Crippen molar-refractivity contribution in [3.63, 3.8) is 0 Å². The zero-order valence-electron chi connectivity index (χ0n) is 17.9. The topological polar surface area (TPSA) is 46.5 Å². The molecule has 1 aromatic rings. The minimum atomic E-state index is -1.05. The Morgan fingerprint density at radius 2 is 1.97 bits per heavy atom. The van der Waals surface area contributed by atoms with Gasteiger partial charge in [0.25, 0.3) is 0 Å². The molecule has 1 aromatic carbocycles. The highest BCUT2D eigenvalue weighted by molar-refractivity contribution is 6.01. The number of para-hydroxylation sites is 1. The molecule has 0 bridgehead atoms. The van der Waals surface area contributed by atoms with E-state index in [0.29, 0.717) is 29.8 Å². The second kappa shape index (κ2) is 6.55. The molecule has 0 aliphatic heterocycles. The van der Waals surface area contributed by atoms with Crippen molar-refractivity contribution in [3.8, 4) is 5.75 Å². The van der Waals surface area contributed by atoms with Crippen LogP contribution in [-0.2, 0) is 4.79 Å². The number of hydrogen-bond acceptors (Lipinski definition) is 3. The lowest BCUT2D eigenvalue weighted by molar-refractivity contribution is -0.110. The van der Waals surface area contributed by atoms with Crippen LogP contribution in [0.5, 0.6) is 5.75 Å². The van der Waals surface area contributed by atoms with Crippen LogP contribution in [-0.4, -0.2) is 16.5 Å². The summed E-state index contributed by atoms with van der Waals surface area (Å²) in [4.78, 5) is 11.9. The lowest BCUT2D eigenvalue weighted by Gasteiger charge is -2.53. The standard InChI is InChI=1S/C27H30O3/c1-18(30-21-7-5-4-6-8-21)27(29)16-13-24-22-10-9-19-17-20(28)11-14-25(19,2)23(22)12-15-26(24,27)3/h4-8,11-12,14,17,22,24,29H,1,9-10,13,15-16H2,2-3H3/t22-,24+,25+,26+,27+/m1/s1. The first-order chi connectivity index (χ1) is 14.3. The van der Waals surface area contributed by atoms with Crippen molar-refractivity contribution in [2.24, 2.45) is 22.7 Å². The zero-order chi connectivity index (χ0) is 21.1. The fraction of sp³-hybridized carbons (Fsp3) is 0.444. The van der Waals surface area contributed by atoms with Gasteiger partial charge in [0.2, 0.25) is 0 Å². The number of ketones is 1. The number of aliphatic hydroxyl groups is 1. The van der Waals surface area contributed by atoms with Gasteiger partial charge in [-0.1, -0.05) is 55.0 Å². The Morgan fingerprint density at radius 3 is 2.73 bits per heavy atom. The quantitative estimate of drug-likeness (QED) is 0.533. The van der Waals surface area contributed by atoms with E-state index in [1.165, 1.54) is 11.1 Å². The summed E-state index contributed by atoms with van der Waals surface area (Å²) in [6.07, 6.45) is 12.4. The summed E-state index contributed by atoms with van der Waals surface area (Å²) < 4.78 is 6.05. The third-order valence-electron chi connectivity index (χ3n) is 8.55. The van der Waals surface area contributed by atoms with Gasteiger partial charge in [-0.25, -0.2) is 0 Å². The minimum absolute atomic E-state index is 0.103. The molecule has 0 spiro atoms. The number of ether oxygens (including phenoxy) is 1. The van der Waals surface area contributed by atoms with E-state index in [2.05, 4.69) is 32.6 Å². The van der Waals surface area contributed by atoms with E-state index < -0.39 is 5.60 Å². The highest BCUT2D eigenvalue weighted by Crippen LogP contribution is 2.66. The number of carbonyl (C=O) groups excluding carboxylic acids is 1. The molecule has 4 aliphatic rings. The maximum atomic E-state index is 11.9. The summed E-state index contributed by atoms with van der Waals surface area (Å²) in [6.45, 7) is 8.65. The van der Waals surface area contributed by atoms with Crippen molar-refractivity contribution >= 4 is 5.78 Å². The van der Waals surface area contributed by atoms with Gasteiger partial charge in [-0.15, -0.1) is 0 Å². The molecule has 5 atom stereocenters. The van der Waals surface area contributed by atoms with Gasteiger partial charge < -0.3 is 9.84 Å². The Morgan fingerprint density at radius 1 is 1.20 bits per heavy atom. The molecular weight excluding hydrogens is 372 g/mol. The first-order valence-electron chi connectivity index (χ1n) is 11.1. The van der Waals surface area contributed by atoms with Gasteiger partial charge in [0, 0.05) is 10.8 Å². The van der Waals surface area contributed by atoms with Crippen molar-refractivity contribution in [1.82, 2.24) is 0 Å². The highest BCUT2D eigenvalue weighted by atomic mass is 16.5. The second-order valence-corrected chi connectivity index (χ2v) is 9.88. The third-order valence-corrected chi connectivity index (χ3v) is 8.55. The van der Waals surface area contributed by atoms with Crippen molar-refractivity contribution in [3.05, 3.63) is 78.1 Å². The van der Waals surface area contributed by atoms with E-state index in [4.69, 9.17) is 4.74 Å². The molecule has 3 heteroatoms. The third kappa shape index (κ3) is 2.58. The predicted molar refractivity (Wildman–Crippen MR) is 118 cm³/mol. The van der Waals surface area contributed by atoms with Crippen molar-refractivity contribution in [2.75, 3.05) is 0 Å². The first-order valence-corrected chi connectivity index (χ1v) is 11.1. The van der Waals surface area contributed by atoms with Crippen LogP contribution in [0.1, 0.15) is 46.0 Å². The highest BCUT2D eigenvalue weighted by Gasteiger charge is 2.63. The normalized spacial score (nSPS) is 39.4. The fourth-order valence-electron chi connectivity index (χ4n) is 6.71. The van der Waals surface area contributed by atoms with E-state index >= 15 is 0 Å². The molecule has 0 unspecified atom stereocenters. The van der Waals surface area contributed by atoms with E-state index in [9.17, 15) is 9.90 Å². The fourth-order valence-corrected chi connectivity index (χ4v) is 6.71. The second-order valence-electron chi connectivity index (χ2n) is 9.88. The van der Waals surface area contributed by atoms with Crippen molar-refractivity contribution in [2.45, 2.75) is 51.6 Å². The SMILES string of the molecule is C=C(Oc1ccccc1)[C@@]1(O)CC[C@H]2[C@@H]3CCC4=CC(=O)C=C[C@]4(C)C3=CC[C@@]21C. The summed E-state index contributed by atoms with van der Waals surface area (Å²) in [7, 11) is 0. The number of allylic oxidation sites excluding steroid dienone is 6. The monoisotopic (exact) mass is 402 g/mol. The summed E-state index contributed by atoms with van der Waals surface area (Å²) >= 11 is 0. The molecule has 0 aromatic heterocycles. The van der Waals surface area contributed by atoms with Gasteiger partial charge >= 0.3 is 0 Å². The summed E-state index contributed by atoms with van der Waals surface area (Å²) in [5, 5.41) is 11.9. The Kier molecular flexibility index (Phi) is 4.27. The molecule has 1 N–H and O–H groups in total. The molecule has 3 nitrogen and oxygen atoms in total. The number of rotatable bonds is 3. The Bertz CT molecular complexity index is 1000. The van der Waals surface area contributed by atoms with Crippen LogP contribution < -0.4 is 4.74 Å². The Labute approximate surface area is 178 Å². The van der Waals surface area contributed by atoms with Crippen molar-refractivity contribution in [1.29, 1.82) is 0 Å². The average Bonchev–Trinajstić information content (AvgIpc) is 3.01. The minimum Gasteiger partial charge on any atom is -0.459 e. The summed E-state index contributed by atoms with van der Waals surface area (Å²) in [6, 6.07) is 9.60. The molecule has 5 rings (SSSR count). The molecule has 156 valence electrons. The van der Waals surface area contributed by atoms with Gasteiger partial charge in [0.15, 0.2) is 5.78 Å². The maximum Gasteiger partial charge on any atom is 0.178 e. The summed E-state index contributed by atoms with van der Waals surface area (Å²) in [5.41, 5.74) is 1.16. The lowest BCUT2D eigenvalue weighted by Crippen LogP contribution is -2.52. The van der Waals surface area contributed by atoms with E-state index in [1.54, 1.807) is 6.08 Å². The van der Waals surface area contributed by atoms with Crippen LogP contribution in [0.4, 0.5) is 0 Å². The molecule has 2 fully saturated rings. The number of fused-ring (bicyclic) bond motifs is 5. The summed E-state index contributed by atoms with van der Waals surface area (Å²) in [5.74, 6) is 2.07. The van der Waals surface area contributed by atoms with Crippen LogP contribution in [0.3, 0.4) is 0 Å². The van der Waals surface area contributed by atoms with E-state index in [0.717, 1.165) is 25.7 Å². The van der Waals surface area contributed by atoms with Crippen LogP contribution >= 0.6 is 0 Å². The smallest absolute Gasteiger partial charge is 0.178 e. The van der Waals surface area contributed by atoms with Crippen LogP contribution in [0.2, 0.25) is 0 Å². The predicted octanol–water partition coefficient (Wildman–Crippen LogP) is 5.54. The molecular formula is C27H30O3. The Hall–Kier alpha value is -2.39. The van der Waals surface area contributed by atoms with E-state index in [1.807, 2.05) is 36.4 Å². The van der Waals surface area contributed by atoms with Crippen molar-refractivity contribution < 1.29 is 14.6 Å². The molecule has 2 saturated carbocycles. The van der Waals surface area contributed by atoms with Gasteiger partial charge in [-0.3, -0.25) is 4.79 Å². The average molecular weight is 403 g/mol. The molecule has 0 heterocycles. The molecule has 0 saturated heterocycles. The van der Waals surface area contributed by atoms with E-state index in [-0.39, 0.29) is 16.6 Å². The van der Waals surface area contributed by atoms with Gasteiger partial charge in [-0.05, 0) is 75.1 Å². The maximum absolute atomic E-state index is 11.9. The van der Waals surface area contributed by atoms with Crippen LogP contribution in [0.15, 0.2) is 78.1 Å². The van der Waals surface area contributed by atoms with Crippen LogP contribution in [0.25, 0.3) is 0 Å². The first kappa shape index (κ1) is 19.6. The number of carbonyl (C=O) groups is 1. The van der Waals surface area contributed by atoms with Gasteiger partial charge in [0.1, 0.15) is 17.1 Å². The van der Waals surface area contributed by atoms with Gasteiger partial charge in [0.05, 0.1) is 0 Å².